The van der Waals surface area contributed by atoms with E-state index in [1.807, 2.05) is 0 Å². The van der Waals surface area contributed by atoms with E-state index in [0.717, 1.165) is 109 Å². The first kappa shape index (κ1) is 82.0. The number of esters is 2. The molecule has 0 spiro atoms. The molecule has 0 fully saturated rings. The molecular formula is C81H138O5. The molecule has 0 aliphatic carbocycles. The van der Waals surface area contributed by atoms with Gasteiger partial charge in [0.2, 0.25) is 0 Å². The molecule has 0 amide bonds. The van der Waals surface area contributed by atoms with Gasteiger partial charge in [0.05, 0.1) is 6.61 Å². The van der Waals surface area contributed by atoms with Gasteiger partial charge < -0.3 is 14.6 Å². The molecule has 0 saturated heterocycles. The number of hydrogen-bond acceptors (Lipinski definition) is 5. The second-order valence-electron chi connectivity index (χ2n) is 24.3. The summed E-state index contributed by atoms with van der Waals surface area (Å²) >= 11 is 0. The molecule has 0 heterocycles. The number of unbranched alkanes of at least 4 members (excludes halogenated alkanes) is 37. The predicted octanol–water partition coefficient (Wildman–Crippen LogP) is 25.9. The van der Waals surface area contributed by atoms with Crippen molar-refractivity contribution in [2.45, 2.75) is 354 Å². The lowest BCUT2D eigenvalue weighted by Crippen LogP contribution is -2.28. The van der Waals surface area contributed by atoms with Gasteiger partial charge in [0, 0.05) is 12.8 Å². The minimum Gasteiger partial charge on any atom is -0.462 e. The number of carbonyl (C=O) groups is 2. The van der Waals surface area contributed by atoms with Gasteiger partial charge >= 0.3 is 11.9 Å². The van der Waals surface area contributed by atoms with Gasteiger partial charge in [-0.3, -0.25) is 9.59 Å². The van der Waals surface area contributed by atoms with E-state index in [2.05, 4.69) is 148 Å². The Kier molecular flexibility index (Phi) is 71.8. The number of rotatable bonds is 67. The molecule has 86 heavy (non-hydrogen) atoms. The van der Waals surface area contributed by atoms with Gasteiger partial charge in [-0.2, -0.15) is 0 Å². The molecule has 1 unspecified atom stereocenters. The predicted molar refractivity (Wildman–Crippen MR) is 380 cm³/mol. The summed E-state index contributed by atoms with van der Waals surface area (Å²) in [6, 6.07) is 0. The van der Waals surface area contributed by atoms with Crippen LogP contribution in [0.15, 0.2) is 134 Å². The Morgan fingerprint density at radius 2 is 0.500 bits per heavy atom. The lowest BCUT2D eigenvalue weighted by molar-refractivity contribution is -0.161. The Hall–Kier alpha value is -3.96. The Morgan fingerprint density at radius 1 is 0.279 bits per heavy atom. The van der Waals surface area contributed by atoms with Gasteiger partial charge in [0.25, 0.3) is 0 Å². The maximum Gasteiger partial charge on any atom is 0.306 e. The molecule has 492 valence electrons. The van der Waals surface area contributed by atoms with Crippen LogP contribution in [0.5, 0.6) is 0 Å². The standard InChI is InChI=1S/C81H138O5/c1-3-5-7-9-11-13-15-17-19-21-23-25-27-29-31-33-35-36-37-38-39-40-41-42-43-44-46-47-49-51-53-55-57-59-61-63-65-67-69-71-73-75-80(83)85-78-79(77-82)86-81(84)76-74-72-70-68-66-64-62-60-58-56-54-52-50-48-45-34-32-30-28-26-24-22-20-18-16-14-12-10-8-6-4-2/h6,8,12,14-15,17-18,20-21,23-24,26-27,29-30,32,45,48,52,54,58,60,79,82H,3-5,7,9-11,13,16,19,22,25,28,31,33-44,46-47,49-51,53,55-57,59,61-78H2,1-2H3/b8-6-,14-12-,17-15-,20-18-,23-21-,26-24-,29-27-,32-30-,48-45-,54-52-,60-58-. The molecule has 0 aromatic rings. The maximum atomic E-state index is 12.4. The van der Waals surface area contributed by atoms with Crippen LogP contribution < -0.4 is 0 Å². The number of ether oxygens (including phenoxy) is 2. The van der Waals surface area contributed by atoms with Crippen LogP contribution in [0.4, 0.5) is 0 Å². The fraction of sp³-hybridized carbons (Fsp3) is 0.704. The zero-order valence-electron chi connectivity index (χ0n) is 56.5. The minimum absolute atomic E-state index is 0.0759. The van der Waals surface area contributed by atoms with Crippen molar-refractivity contribution in [1.29, 1.82) is 0 Å². The van der Waals surface area contributed by atoms with Crippen molar-refractivity contribution >= 4 is 11.9 Å². The molecule has 5 heteroatoms. The molecule has 0 aromatic carbocycles. The normalized spacial score (nSPS) is 13.0. The first-order chi connectivity index (χ1) is 42.6. The van der Waals surface area contributed by atoms with E-state index in [9.17, 15) is 14.7 Å². The third-order valence-corrected chi connectivity index (χ3v) is 15.9. The number of allylic oxidation sites excluding steroid dienone is 22. The van der Waals surface area contributed by atoms with Crippen LogP contribution in [0, 0.1) is 0 Å². The van der Waals surface area contributed by atoms with Gasteiger partial charge in [-0.1, -0.05) is 353 Å². The van der Waals surface area contributed by atoms with Crippen molar-refractivity contribution in [2.24, 2.45) is 0 Å². The molecule has 0 radical (unpaired) electrons. The van der Waals surface area contributed by atoms with E-state index >= 15 is 0 Å². The quantitative estimate of drug-likeness (QED) is 0.0373. The zero-order valence-corrected chi connectivity index (χ0v) is 56.5. The van der Waals surface area contributed by atoms with Gasteiger partial charge in [0.15, 0.2) is 6.10 Å². The zero-order chi connectivity index (χ0) is 61.9. The van der Waals surface area contributed by atoms with Crippen molar-refractivity contribution in [2.75, 3.05) is 13.2 Å². The molecule has 5 nitrogen and oxygen atoms in total. The summed E-state index contributed by atoms with van der Waals surface area (Å²) in [6.45, 7) is 4.03. The maximum absolute atomic E-state index is 12.4. The van der Waals surface area contributed by atoms with Crippen LogP contribution in [-0.2, 0) is 19.1 Å². The average Bonchev–Trinajstić information content (AvgIpc) is 3.55. The van der Waals surface area contributed by atoms with E-state index in [1.165, 1.54) is 212 Å². The van der Waals surface area contributed by atoms with Crippen molar-refractivity contribution in [3.8, 4) is 0 Å². The summed E-state index contributed by atoms with van der Waals surface area (Å²) in [5, 5.41) is 9.71. The summed E-state index contributed by atoms with van der Waals surface area (Å²) in [5.41, 5.74) is 0. The van der Waals surface area contributed by atoms with Crippen LogP contribution in [0.25, 0.3) is 0 Å². The third kappa shape index (κ3) is 72.5. The van der Waals surface area contributed by atoms with E-state index in [1.54, 1.807) is 0 Å². The molecule has 0 aliphatic rings. The Labute approximate surface area is 534 Å². The van der Waals surface area contributed by atoms with Crippen LogP contribution >= 0.6 is 0 Å². The average molecular weight is 1190 g/mol. The number of aliphatic hydroxyl groups is 1. The summed E-state index contributed by atoms with van der Waals surface area (Å²) in [5.74, 6) is -0.602. The third-order valence-electron chi connectivity index (χ3n) is 15.9. The first-order valence-corrected chi connectivity index (χ1v) is 36.7. The van der Waals surface area contributed by atoms with Crippen molar-refractivity contribution < 1.29 is 24.2 Å². The minimum atomic E-state index is -0.789. The highest BCUT2D eigenvalue weighted by molar-refractivity contribution is 5.70. The molecule has 1 atom stereocenters. The van der Waals surface area contributed by atoms with Crippen molar-refractivity contribution in [3.05, 3.63) is 134 Å². The summed E-state index contributed by atoms with van der Waals surface area (Å²) < 4.78 is 10.8. The highest BCUT2D eigenvalue weighted by Gasteiger charge is 2.16. The van der Waals surface area contributed by atoms with Gasteiger partial charge in [-0.15, -0.1) is 0 Å². The van der Waals surface area contributed by atoms with Crippen molar-refractivity contribution in [1.82, 2.24) is 0 Å². The monoisotopic (exact) mass is 1190 g/mol. The largest absolute Gasteiger partial charge is 0.462 e. The lowest BCUT2D eigenvalue weighted by Gasteiger charge is -2.15. The van der Waals surface area contributed by atoms with E-state index in [-0.39, 0.29) is 25.2 Å². The molecular weight excluding hydrogens is 1050 g/mol. The number of aliphatic hydroxyl groups excluding tert-OH is 1. The van der Waals surface area contributed by atoms with Gasteiger partial charge in [0.1, 0.15) is 6.61 Å². The SMILES string of the molecule is CC/C=C\C/C=C\C/C=C\C/C=C\C/C=C\C/C=C\C/C=C\C/C=C\CCCCCCCCC(=O)OC(CO)COC(=O)CCCCCCCCCCCCCCCCCCCCCCCCCCCC/C=C\C/C=C\C/C=C\CCCCCCC. The van der Waals surface area contributed by atoms with E-state index in [0.29, 0.717) is 12.8 Å². The molecule has 0 rings (SSSR count). The molecule has 0 bridgehead atoms. The first-order valence-electron chi connectivity index (χ1n) is 36.7. The summed E-state index contributed by atoms with van der Waals surface area (Å²) in [4.78, 5) is 24.7. The number of hydrogen-bond donors (Lipinski definition) is 1. The second kappa shape index (κ2) is 75.3. The summed E-state index contributed by atoms with van der Waals surface area (Å²) in [6.07, 6.45) is 112. The molecule has 0 aromatic heterocycles. The van der Waals surface area contributed by atoms with Crippen LogP contribution in [0.2, 0.25) is 0 Å². The Bertz CT molecular complexity index is 1730. The van der Waals surface area contributed by atoms with Gasteiger partial charge in [-0.05, 0) is 116 Å². The smallest absolute Gasteiger partial charge is 0.306 e. The van der Waals surface area contributed by atoms with Crippen LogP contribution in [-0.4, -0.2) is 36.4 Å². The number of carbonyl (C=O) groups excluding carboxylic acids is 2. The van der Waals surface area contributed by atoms with Gasteiger partial charge in [-0.25, -0.2) is 0 Å². The summed E-state index contributed by atoms with van der Waals surface area (Å²) in [7, 11) is 0. The van der Waals surface area contributed by atoms with Crippen LogP contribution in [0.1, 0.15) is 348 Å². The molecule has 0 aliphatic heterocycles. The topological polar surface area (TPSA) is 72.8 Å². The second-order valence-corrected chi connectivity index (χ2v) is 24.3. The fourth-order valence-electron chi connectivity index (χ4n) is 10.5. The highest BCUT2D eigenvalue weighted by atomic mass is 16.6. The Balaban J connectivity index is 3.48. The highest BCUT2D eigenvalue weighted by Crippen LogP contribution is 2.18. The molecule has 1 N–H and O–H groups in total. The van der Waals surface area contributed by atoms with Crippen molar-refractivity contribution in [3.63, 3.8) is 0 Å². The molecule has 0 saturated carbocycles. The lowest BCUT2D eigenvalue weighted by atomic mass is 10.0. The Morgan fingerprint density at radius 3 is 0.756 bits per heavy atom. The fourth-order valence-corrected chi connectivity index (χ4v) is 10.5. The van der Waals surface area contributed by atoms with E-state index < -0.39 is 6.10 Å². The van der Waals surface area contributed by atoms with Crippen LogP contribution in [0.3, 0.4) is 0 Å². The van der Waals surface area contributed by atoms with E-state index in [4.69, 9.17) is 9.47 Å².